The van der Waals surface area contributed by atoms with E-state index in [-0.39, 0.29) is 5.91 Å². The number of carbonyl (C=O) groups is 1. The Kier molecular flexibility index (Phi) is 6.16. The van der Waals surface area contributed by atoms with Crippen molar-refractivity contribution in [2.75, 3.05) is 0 Å². The summed E-state index contributed by atoms with van der Waals surface area (Å²) in [4.78, 5) is 12.0. The molecule has 1 aromatic rings. The van der Waals surface area contributed by atoms with E-state index in [1.807, 2.05) is 31.2 Å². The zero-order valence-electron chi connectivity index (χ0n) is 11.2. The third-order valence-corrected chi connectivity index (χ3v) is 2.96. The molecule has 0 bridgehead atoms. The van der Waals surface area contributed by atoms with Crippen molar-refractivity contribution in [3.05, 3.63) is 58.3 Å². The first kappa shape index (κ1) is 15.3. The maximum Gasteiger partial charge on any atom is 0.253 e. The molecule has 0 radical (unpaired) electrons. The molecule has 0 aliphatic heterocycles. The van der Waals surface area contributed by atoms with Crippen molar-refractivity contribution in [2.45, 2.75) is 26.8 Å². The van der Waals surface area contributed by atoms with Crippen molar-refractivity contribution >= 4 is 17.5 Å². The van der Waals surface area contributed by atoms with Crippen LogP contribution in [0.25, 0.3) is 0 Å². The molecule has 0 unspecified atom stereocenters. The molecule has 1 rings (SSSR count). The average molecular weight is 279 g/mol. The Morgan fingerprint density at radius 1 is 1.42 bits per heavy atom. The fraction of sp³-hybridized carbons (Fsp3) is 0.267. The highest BCUT2D eigenvalue weighted by molar-refractivity contribution is 6.31. The molecule has 0 fully saturated rings. The Balaban J connectivity index is 2.72. The molecule has 1 amide bonds. The molecule has 0 atom stereocenters. The van der Waals surface area contributed by atoms with Crippen LogP contribution < -0.4 is 11.1 Å². The quantitative estimate of drug-likeness (QED) is 0.642. The number of nitrogens with one attached hydrogen (secondary N) is 1. The van der Waals surface area contributed by atoms with Gasteiger partial charge in [-0.1, -0.05) is 48.9 Å². The van der Waals surface area contributed by atoms with Crippen LogP contribution in [0.5, 0.6) is 0 Å². The van der Waals surface area contributed by atoms with Gasteiger partial charge in [-0.05, 0) is 25.0 Å². The van der Waals surface area contributed by atoms with E-state index in [2.05, 4.69) is 5.32 Å². The van der Waals surface area contributed by atoms with Gasteiger partial charge in [0, 0.05) is 17.3 Å². The highest BCUT2D eigenvalue weighted by atomic mass is 35.5. The van der Waals surface area contributed by atoms with Gasteiger partial charge in [0.25, 0.3) is 5.91 Å². The lowest BCUT2D eigenvalue weighted by molar-refractivity contribution is -0.117. The first-order chi connectivity index (χ1) is 9.06. The summed E-state index contributed by atoms with van der Waals surface area (Å²) in [6.07, 6.45) is 4.51. The van der Waals surface area contributed by atoms with Gasteiger partial charge in [0.1, 0.15) is 0 Å². The minimum Gasteiger partial charge on any atom is -0.402 e. The van der Waals surface area contributed by atoms with Crippen molar-refractivity contribution in [2.24, 2.45) is 5.73 Å². The smallest absolute Gasteiger partial charge is 0.253 e. The van der Waals surface area contributed by atoms with E-state index in [1.165, 1.54) is 0 Å². The molecular formula is C15H19ClN2O. The van der Waals surface area contributed by atoms with Crippen molar-refractivity contribution in [3.63, 3.8) is 0 Å². The minimum atomic E-state index is -0.190. The lowest BCUT2D eigenvalue weighted by Gasteiger charge is -2.08. The molecular weight excluding hydrogens is 260 g/mol. The third kappa shape index (κ3) is 4.79. The maximum atomic E-state index is 12.0. The summed E-state index contributed by atoms with van der Waals surface area (Å²) < 4.78 is 0. The van der Waals surface area contributed by atoms with Gasteiger partial charge in [-0.3, -0.25) is 4.79 Å². The van der Waals surface area contributed by atoms with E-state index in [9.17, 15) is 4.79 Å². The second-order valence-corrected chi connectivity index (χ2v) is 4.59. The number of hydrogen-bond donors (Lipinski definition) is 2. The van der Waals surface area contributed by atoms with Crippen molar-refractivity contribution in [1.29, 1.82) is 0 Å². The predicted octanol–water partition coefficient (Wildman–Crippen LogP) is 3.16. The molecule has 0 aliphatic carbocycles. The Hall–Kier alpha value is -1.74. The highest BCUT2D eigenvalue weighted by Crippen LogP contribution is 2.14. The molecule has 1 aromatic carbocycles. The molecule has 0 saturated carbocycles. The molecule has 0 spiro atoms. The van der Waals surface area contributed by atoms with E-state index in [4.69, 9.17) is 17.3 Å². The zero-order valence-corrected chi connectivity index (χ0v) is 12.0. The third-order valence-electron chi connectivity index (χ3n) is 2.59. The van der Waals surface area contributed by atoms with Gasteiger partial charge in [0.2, 0.25) is 0 Å². The monoisotopic (exact) mass is 278 g/mol. The fourth-order valence-electron chi connectivity index (χ4n) is 1.53. The van der Waals surface area contributed by atoms with Crippen LogP contribution in [0.15, 0.2) is 47.7 Å². The number of halogens is 1. The molecule has 0 aromatic heterocycles. The summed E-state index contributed by atoms with van der Waals surface area (Å²) in [5, 5.41) is 3.46. The Bertz CT molecular complexity index is 503. The molecule has 0 aliphatic rings. The molecule has 4 heteroatoms. The number of hydrogen-bond acceptors (Lipinski definition) is 2. The Morgan fingerprint density at radius 2 is 2.11 bits per heavy atom. The SMILES string of the molecule is CC/C=C\C(C(=O)NCc1ccccc1Cl)=C(/C)N. The largest absolute Gasteiger partial charge is 0.402 e. The van der Waals surface area contributed by atoms with E-state index in [0.29, 0.717) is 22.8 Å². The van der Waals surface area contributed by atoms with Gasteiger partial charge in [0.15, 0.2) is 0 Å². The van der Waals surface area contributed by atoms with Gasteiger partial charge >= 0.3 is 0 Å². The van der Waals surface area contributed by atoms with Crippen LogP contribution >= 0.6 is 11.6 Å². The molecule has 0 heterocycles. The van der Waals surface area contributed by atoms with Gasteiger partial charge in [-0.25, -0.2) is 0 Å². The van der Waals surface area contributed by atoms with E-state index in [0.717, 1.165) is 12.0 Å². The number of nitrogens with two attached hydrogens (primary N) is 1. The summed E-state index contributed by atoms with van der Waals surface area (Å²) >= 11 is 6.03. The highest BCUT2D eigenvalue weighted by Gasteiger charge is 2.09. The van der Waals surface area contributed by atoms with Crippen LogP contribution in [0.3, 0.4) is 0 Å². The normalized spacial score (nSPS) is 12.4. The molecule has 102 valence electrons. The van der Waals surface area contributed by atoms with Crippen LogP contribution in [0.2, 0.25) is 5.02 Å². The number of rotatable bonds is 5. The summed E-state index contributed by atoms with van der Waals surface area (Å²) in [5.74, 6) is -0.190. The van der Waals surface area contributed by atoms with Crippen LogP contribution in [0.4, 0.5) is 0 Å². The van der Waals surface area contributed by atoms with E-state index in [1.54, 1.807) is 19.1 Å². The second-order valence-electron chi connectivity index (χ2n) is 4.18. The van der Waals surface area contributed by atoms with Crippen LogP contribution in [0, 0.1) is 0 Å². The number of benzene rings is 1. The topological polar surface area (TPSA) is 55.1 Å². The number of amides is 1. The second kappa shape index (κ2) is 7.64. The minimum absolute atomic E-state index is 0.190. The summed E-state index contributed by atoms with van der Waals surface area (Å²) in [6.45, 7) is 4.10. The zero-order chi connectivity index (χ0) is 14.3. The molecule has 3 N–H and O–H groups in total. The predicted molar refractivity (Wildman–Crippen MR) is 79.6 cm³/mol. The summed E-state index contributed by atoms with van der Waals surface area (Å²) in [7, 11) is 0. The lowest BCUT2D eigenvalue weighted by Crippen LogP contribution is -2.25. The van der Waals surface area contributed by atoms with Crippen LogP contribution in [-0.4, -0.2) is 5.91 Å². The fourth-order valence-corrected chi connectivity index (χ4v) is 1.74. The first-order valence-electron chi connectivity index (χ1n) is 6.20. The maximum absolute atomic E-state index is 12.0. The van der Waals surface area contributed by atoms with Gasteiger partial charge in [-0.2, -0.15) is 0 Å². The number of carbonyl (C=O) groups excluding carboxylic acids is 1. The van der Waals surface area contributed by atoms with Gasteiger partial charge < -0.3 is 11.1 Å². The van der Waals surface area contributed by atoms with Gasteiger partial charge in [-0.15, -0.1) is 0 Å². The van der Waals surface area contributed by atoms with E-state index >= 15 is 0 Å². The lowest BCUT2D eigenvalue weighted by atomic mass is 10.1. The van der Waals surface area contributed by atoms with Crippen molar-refractivity contribution in [1.82, 2.24) is 5.32 Å². The molecule has 3 nitrogen and oxygen atoms in total. The van der Waals surface area contributed by atoms with Gasteiger partial charge in [0.05, 0.1) is 5.57 Å². The molecule has 19 heavy (non-hydrogen) atoms. The molecule has 0 saturated heterocycles. The number of allylic oxidation sites excluding steroid dienone is 2. The van der Waals surface area contributed by atoms with E-state index < -0.39 is 0 Å². The Labute approximate surface area is 119 Å². The van der Waals surface area contributed by atoms with Crippen LogP contribution in [0.1, 0.15) is 25.8 Å². The standard InChI is InChI=1S/C15H19ClN2O/c1-3-4-8-13(11(2)17)15(19)18-10-12-7-5-6-9-14(12)16/h4-9H,3,10,17H2,1-2H3,(H,18,19)/b8-4-,13-11-. The summed E-state index contributed by atoms with van der Waals surface area (Å²) in [6, 6.07) is 7.41. The summed E-state index contributed by atoms with van der Waals surface area (Å²) in [5.41, 5.74) is 7.59. The van der Waals surface area contributed by atoms with Crippen molar-refractivity contribution in [3.8, 4) is 0 Å². The Morgan fingerprint density at radius 3 is 2.68 bits per heavy atom. The average Bonchev–Trinajstić information content (AvgIpc) is 2.38. The van der Waals surface area contributed by atoms with Crippen molar-refractivity contribution < 1.29 is 4.79 Å². The first-order valence-corrected chi connectivity index (χ1v) is 6.58. The van der Waals surface area contributed by atoms with Crippen LogP contribution in [-0.2, 0) is 11.3 Å².